The highest BCUT2D eigenvalue weighted by molar-refractivity contribution is 8.10. The first-order valence-corrected chi connectivity index (χ1v) is 4.67. The second-order valence-electron chi connectivity index (χ2n) is 2.91. The highest BCUT2D eigenvalue weighted by Crippen LogP contribution is 2.22. The van der Waals surface area contributed by atoms with Crippen LogP contribution in [-0.2, 0) is 13.1 Å². The molecule has 1 aliphatic heterocycles. The van der Waals surface area contributed by atoms with Crippen LogP contribution in [0.15, 0.2) is 24.3 Å². The van der Waals surface area contributed by atoms with E-state index in [1.165, 1.54) is 11.1 Å². The molecular formula is C9H9NS2. The van der Waals surface area contributed by atoms with Crippen molar-refractivity contribution < 1.29 is 0 Å². The highest BCUT2D eigenvalue weighted by atomic mass is 32.1. The zero-order valence-electron chi connectivity index (χ0n) is 6.53. The van der Waals surface area contributed by atoms with Crippen molar-refractivity contribution in [2.75, 3.05) is 0 Å². The van der Waals surface area contributed by atoms with Crippen LogP contribution < -0.4 is 0 Å². The van der Waals surface area contributed by atoms with Crippen molar-refractivity contribution in [2.45, 2.75) is 13.1 Å². The number of rotatable bonds is 0. The first-order chi connectivity index (χ1) is 5.77. The van der Waals surface area contributed by atoms with Crippen molar-refractivity contribution in [2.24, 2.45) is 0 Å². The first-order valence-electron chi connectivity index (χ1n) is 3.82. The lowest BCUT2D eigenvalue weighted by Crippen LogP contribution is -2.18. The summed E-state index contributed by atoms with van der Waals surface area (Å²) in [5, 5.41) is 0. The van der Waals surface area contributed by atoms with E-state index in [0.717, 1.165) is 13.1 Å². The lowest BCUT2D eigenvalue weighted by molar-refractivity contribution is 0.465. The molecule has 0 atom stereocenters. The summed E-state index contributed by atoms with van der Waals surface area (Å²) in [6.45, 7) is 1.83. The van der Waals surface area contributed by atoms with Crippen molar-refractivity contribution >= 4 is 29.2 Å². The maximum atomic E-state index is 4.99. The molecule has 1 aliphatic rings. The highest BCUT2D eigenvalue weighted by Gasteiger charge is 2.17. The molecule has 0 saturated carbocycles. The van der Waals surface area contributed by atoms with Gasteiger partial charge in [-0.1, -0.05) is 36.5 Å². The summed E-state index contributed by atoms with van der Waals surface area (Å²) in [6, 6.07) is 8.40. The Labute approximate surface area is 82.8 Å². The predicted molar refractivity (Wildman–Crippen MR) is 57.3 cm³/mol. The summed E-state index contributed by atoms with van der Waals surface area (Å²) in [7, 11) is 0. The normalized spacial score (nSPS) is 14.6. The average Bonchev–Trinajstić information content (AvgIpc) is 2.46. The molecule has 0 amide bonds. The van der Waals surface area contributed by atoms with Crippen LogP contribution in [0.4, 0.5) is 0 Å². The smallest absolute Gasteiger partial charge is 0.133 e. The standard InChI is InChI=1S/C9H9NS2/c11-9(12)10-5-7-3-1-2-4-8(7)6-10/h1-4H,5-6H2,(H,11,12). The van der Waals surface area contributed by atoms with E-state index in [1.807, 2.05) is 0 Å². The van der Waals surface area contributed by atoms with Gasteiger partial charge in [-0.15, -0.1) is 12.6 Å². The predicted octanol–water partition coefficient (Wildman–Crippen LogP) is 2.22. The maximum Gasteiger partial charge on any atom is 0.133 e. The fourth-order valence-electron chi connectivity index (χ4n) is 1.47. The van der Waals surface area contributed by atoms with Crippen molar-refractivity contribution in [3.63, 3.8) is 0 Å². The topological polar surface area (TPSA) is 3.24 Å². The third-order valence-corrected chi connectivity index (χ3v) is 2.65. The van der Waals surface area contributed by atoms with Gasteiger partial charge in [-0.05, 0) is 11.1 Å². The maximum absolute atomic E-state index is 4.99. The number of fused-ring (bicyclic) bond motifs is 1. The van der Waals surface area contributed by atoms with Gasteiger partial charge in [0.15, 0.2) is 0 Å². The molecule has 1 aromatic carbocycles. The molecular weight excluding hydrogens is 186 g/mol. The molecule has 0 aromatic heterocycles. The van der Waals surface area contributed by atoms with E-state index in [-0.39, 0.29) is 0 Å². The molecule has 2 rings (SSSR count). The minimum Gasteiger partial charge on any atom is -0.349 e. The molecule has 0 aliphatic carbocycles. The molecule has 1 nitrogen and oxygen atoms in total. The number of thiol groups is 1. The van der Waals surface area contributed by atoms with Crippen molar-refractivity contribution in [3.05, 3.63) is 35.4 Å². The number of benzene rings is 1. The zero-order chi connectivity index (χ0) is 8.55. The van der Waals surface area contributed by atoms with Crippen LogP contribution in [0.25, 0.3) is 0 Å². The van der Waals surface area contributed by atoms with Crippen molar-refractivity contribution in [1.29, 1.82) is 0 Å². The molecule has 62 valence electrons. The van der Waals surface area contributed by atoms with Crippen LogP contribution in [-0.4, -0.2) is 9.22 Å². The van der Waals surface area contributed by atoms with Gasteiger partial charge in [0.1, 0.15) is 4.32 Å². The lowest BCUT2D eigenvalue weighted by Gasteiger charge is -2.13. The van der Waals surface area contributed by atoms with Crippen molar-refractivity contribution in [3.8, 4) is 0 Å². The van der Waals surface area contributed by atoms with Gasteiger partial charge >= 0.3 is 0 Å². The molecule has 3 heteroatoms. The lowest BCUT2D eigenvalue weighted by atomic mass is 10.1. The van der Waals surface area contributed by atoms with Crippen LogP contribution in [0.5, 0.6) is 0 Å². The first kappa shape index (κ1) is 8.08. The van der Waals surface area contributed by atoms with E-state index in [1.54, 1.807) is 0 Å². The molecule has 1 aromatic rings. The monoisotopic (exact) mass is 195 g/mol. The molecule has 1 heterocycles. The largest absolute Gasteiger partial charge is 0.349 e. The summed E-state index contributed by atoms with van der Waals surface area (Å²) in [5.74, 6) is 0. The summed E-state index contributed by atoms with van der Waals surface area (Å²) in [6.07, 6.45) is 0. The van der Waals surface area contributed by atoms with Crippen molar-refractivity contribution in [1.82, 2.24) is 4.90 Å². The van der Waals surface area contributed by atoms with Gasteiger partial charge in [0.2, 0.25) is 0 Å². The molecule has 0 N–H and O–H groups in total. The molecule has 0 radical (unpaired) electrons. The third kappa shape index (κ3) is 1.34. The van der Waals surface area contributed by atoms with Gasteiger partial charge < -0.3 is 4.90 Å². The van der Waals surface area contributed by atoms with Crippen LogP contribution in [0.3, 0.4) is 0 Å². The van der Waals surface area contributed by atoms with Crippen LogP contribution in [0, 0.1) is 0 Å². The van der Waals surface area contributed by atoms with Gasteiger partial charge in [-0.3, -0.25) is 0 Å². The fraction of sp³-hybridized carbons (Fsp3) is 0.222. The van der Waals surface area contributed by atoms with E-state index in [2.05, 4.69) is 41.8 Å². The Morgan fingerprint density at radius 3 is 2.17 bits per heavy atom. The Hall–Kier alpha value is -0.540. The molecule has 0 spiro atoms. The van der Waals surface area contributed by atoms with Gasteiger partial charge in [-0.25, -0.2) is 0 Å². The third-order valence-electron chi connectivity index (χ3n) is 2.11. The summed E-state index contributed by atoms with van der Waals surface area (Å²) >= 11 is 9.15. The van der Waals surface area contributed by atoms with Gasteiger partial charge in [-0.2, -0.15) is 0 Å². The van der Waals surface area contributed by atoms with E-state index in [0.29, 0.717) is 4.32 Å². The van der Waals surface area contributed by atoms with E-state index >= 15 is 0 Å². The van der Waals surface area contributed by atoms with Gasteiger partial charge in [0.25, 0.3) is 0 Å². The Kier molecular flexibility index (Phi) is 2.07. The van der Waals surface area contributed by atoms with E-state index in [4.69, 9.17) is 12.2 Å². The quantitative estimate of drug-likeness (QED) is 0.499. The molecule has 0 unspecified atom stereocenters. The van der Waals surface area contributed by atoms with Gasteiger partial charge in [0.05, 0.1) is 0 Å². The van der Waals surface area contributed by atoms with E-state index < -0.39 is 0 Å². The molecule has 12 heavy (non-hydrogen) atoms. The fourth-order valence-corrected chi connectivity index (χ4v) is 1.74. The Morgan fingerprint density at radius 2 is 1.75 bits per heavy atom. The average molecular weight is 195 g/mol. The molecule has 0 saturated heterocycles. The summed E-state index contributed by atoms with van der Waals surface area (Å²) in [5.41, 5.74) is 2.74. The SMILES string of the molecule is S=C(S)N1Cc2ccccc2C1. The van der Waals surface area contributed by atoms with Crippen LogP contribution in [0.1, 0.15) is 11.1 Å². The van der Waals surface area contributed by atoms with E-state index in [9.17, 15) is 0 Å². The Balaban J connectivity index is 2.27. The summed E-state index contributed by atoms with van der Waals surface area (Å²) in [4.78, 5) is 2.09. The summed E-state index contributed by atoms with van der Waals surface area (Å²) < 4.78 is 0.686. The minimum atomic E-state index is 0.686. The second kappa shape index (κ2) is 3.07. The number of hydrogen-bond donors (Lipinski definition) is 1. The zero-order valence-corrected chi connectivity index (χ0v) is 8.24. The number of thiocarbonyl (C=S) groups is 1. The Bertz CT molecular complexity index is 297. The number of hydrogen-bond acceptors (Lipinski definition) is 1. The van der Waals surface area contributed by atoms with Gasteiger partial charge in [0, 0.05) is 13.1 Å². The second-order valence-corrected chi connectivity index (χ2v) is 4.02. The van der Waals surface area contributed by atoms with Crippen LogP contribution >= 0.6 is 24.8 Å². The number of nitrogens with zero attached hydrogens (tertiary/aromatic N) is 1. The van der Waals surface area contributed by atoms with Crippen LogP contribution in [0.2, 0.25) is 0 Å². The molecule has 0 fully saturated rings. The molecule has 0 bridgehead atoms. The Morgan fingerprint density at radius 1 is 1.25 bits per heavy atom. The minimum absolute atomic E-state index is 0.686.